The quantitative estimate of drug-likeness (QED) is 0.0850. The molecule has 0 saturated heterocycles. The lowest BCUT2D eigenvalue weighted by molar-refractivity contribution is -0.136. The van der Waals surface area contributed by atoms with Crippen molar-refractivity contribution in [1.82, 2.24) is 10.6 Å². The van der Waals surface area contributed by atoms with Gasteiger partial charge in [-0.15, -0.1) is 0 Å². The van der Waals surface area contributed by atoms with Gasteiger partial charge in [-0.25, -0.2) is 14.4 Å². The number of Topliss-reactive ketones (excluding diaryl/α,β-unsaturated/α-hetero) is 3. The van der Waals surface area contributed by atoms with Crippen LogP contribution in [0, 0.1) is 0 Å². The predicted molar refractivity (Wildman–Crippen MR) is 180 cm³/mol. The number of esters is 3. The Hall–Kier alpha value is -5.24. The Morgan fingerprint density at radius 2 is 0.837 bits per heavy atom. The number of hydrogen-bond donors (Lipinski definition) is 2. The fourth-order valence-electron chi connectivity index (χ4n) is 3.54. The first kappa shape index (κ1) is 45.9. The maximum atomic E-state index is 12.5. The Kier molecular flexibility index (Phi) is 20.2. The molecule has 0 saturated carbocycles. The summed E-state index contributed by atoms with van der Waals surface area (Å²) in [7, 11) is 1.33. The van der Waals surface area contributed by atoms with Gasteiger partial charge in [-0.05, 0) is 71.0 Å². The molecule has 2 aromatic rings. The van der Waals surface area contributed by atoms with E-state index in [0.29, 0.717) is 5.56 Å². The fourth-order valence-corrected chi connectivity index (χ4v) is 3.54. The van der Waals surface area contributed by atoms with Crippen molar-refractivity contribution in [3.8, 4) is 0 Å². The second-order valence-electron chi connectivity index (χ2n) is 10.1. The third-order valence-electron chi connectivity index (χ3n) is 6.61. The monoisotopic (exact) mass is 688 g/mol. The van der Waals surface area contributed by atoms with Crippen LogP contribution in [-0.2, 0) is 38.1 Å². The highest BCUT2D eigenvalue weighted by molar-refractivity contribution is 6.04. The highest BCUT2D eigenvalue weighted by atomic mass is 16.6. The van der Waals surface area contributed by atoms with Crippen molar-refractivity contribution in [2.75, 3.05) is 13.8 Å². The molecule has 0 aliphatic rings. The third kappa shape index (κ3) is 14.2. The van der Waals surface area contributed by atoms with Gasteiger partial charge in [-0.3, -0.25) is 24.0 Å². The maximum absolute atomic E-state index is 12.5. The van der Waals surface area contributed by atoms with E-state index >= 15 is 0 Å². The molecule has 14 nitrogen and oxygen atoms in total. The topological polar surface area (TPSA) is 198 Å². The van der Waals surface area contributed by atoms with Gasteiger partial charge in [-0.1, -0.05) is 34.4 Å². The summed E-state index contributed by atoms with van der Waals surface area (Å²) in [5.41, 5.74) is 0.602. The second kappa shape index (κ2) is 21.6. The van der Waals surface area contributed by atoms with Crippen LogP contribution in [-0.4, -0.2) is 85.3 Å². The number of carbonyl (C=O) groups is 8. The summed E-state index contributed by atoms with van der Waals surface area (Å²) in [5, 5.41) is 4.73. The standard InChI is InChI=1S/C32H36N2O12.3CH4/c1-17(35)22-7-9-23(10-8-22)31(41)45-20(4)28(38)33-16-34-29(39)21(5)46-32(42)25-13-11-24(12-14-25)30(40)44-19(3)27(37)15-26(36)18(2)43-6;;;/h7-14,18-21H,15-16H2,1-6H3,(H,33,38)(H,34,39);3*1H4. The molecule has 4 atom stereocenters. The van der Waals surface area contributed by atoms with Gasteiger partial charge >= 0.3 is 17.9 Å². The van der Waals surface area contributed by atoms with Gasteiger partial charge in [0.15, 0.2) is 35.7 Å². The summed E-state index contributed by atoms with van der Waals surface area (Å²) in [6.45, 7) is 6.50. The van der Waals surface area contributed by atoms with Gasteiger partial charge < -0.3 is 29.6 Å². The predicted octanol–water partition coefficient (Wildman–Crippen LogP) is 3.89. The summed E-state index contributed by atoms with van der Waals surface area (Å²) in [4.78, 5) is 97.2. The van der Waals surface area contributed by atoms with Gasteiger partial charge in [0, 0.05) is 12.7 Å². The van der Waals surface area contributed by atoms with E-state index in [2.05, 4.69) is 10.6 Å². The lowest BCUT2D eigenvalue weighted by atomic mass is 10.1. The Morgan fingerprint density at radius 3 is 1.16 bits per heavy atom. The Morgan fingerprint density at radius 1 is 0.531 bits per heavy atom. The van der Waals surface area contributed by atoms with Crippen molar-refractivity contribution in [3.05, 3.63) is 70.8 Å². The summed E-state index contributed by atoms with van der Waals surface area (Å²) in [6.07, 6.45) is -4.89. The van der Waals surface area contributed by atoms with Gasteiger partial charge in [-0.2, -0.15) is 0 Å². The summed E-state index contributed by atoms with van der Waals surface area (Å²) >= 11 is 0. The molecule has 0 aromatic heterocycles. The van der Waals surface area contributed by atoms with E-state index in [9.17, 15) is 38.4 Å². The average Bonchev–Trinajstić information content (AvgIpc) is 3.03. The van der Waals surface area contributed by atoms with E-state index in [1.165, 1.54) is 90.3 Å². The van der Waals surface area contributed by atoms with Crippen LogP contribution in [0.1, 0.15) is 105 Å². The van der Waals surface area contributed by atoms with Gasteiger partial charge in [0.25, 0.3) is 11.8 Å². The minimum Gasteiger partial charge on any atom is -0.451 e. The van der Waals surface area contributed by atoms with Crippen molar-refractivity contribution in [2.24, 2.45) is 0 Å². The van der Waals surface area contributed by atoms with Crippen molar-refractivity contribution >= 4 is 47.1 Å². The zero-order valence-corrected chi connectivity index (χ0v) is 26.2. The zero-order chi connectivity index (χ0) is 34.6. The molecule has 49 heavy (non-hydrogen) atoms. The molecule has 2 N–H and O–H groups in total. The van der Waals surface area contributed by atoms with Crippen molar-refractivity contribution in [3.63, 3.8) is 0 Å². The molecule has 14 heteroatoms. The normalized spacial score (nSPS) is 12.4. The number of ketones is 3. The number of benzene rings is 2. The molecule has 270 valence electrons. The van der Waals surface area contributed by atoms with Crippen molar-refractivity contribution in [2.45, 2.75) is 87.7 Å². The number of rotatable bonds is 16. The van der Waals surface area contributed by atoms with Crippen LogP contribution in [0.25, 0.3) is 0 Å². The molecular formula is C35H48N2O12. The fraction of sp³-hybridized carbons (Fsp3) is 0.429. The zero-order valence-electron chi connectivity index (χ0n) is 26.2. The Bertz CT molecular complexity index is 1470. The first-order valence-electron chi connectivity index (χ1n) is 14.1. The number of carbonyl (C=O) groups excluding carboxylic acids is 8. The number of methoxy groups -OCH3 is 1. The molecule has 2 aromatic carbocycles. The van der Waals surface area contributed by atoms with Crippen LogP contribution < -0.4 is 10.6 Å². The summed E-state index contributed by atoms with van der Waals surface area (Å²) in [5.74, 6) is -5.16. The van der Waals surface area contributed by atoms with Crippen LogP contribution >= 0.6 is 0 Å². The van der Waals surface area contributed by atoms with Gasteiger partial charge in [0.05, 0.1) is 29.8 Å². The third-order valence-corrected chi connectivity index (χ3v) is 6.61. The molecule has 0 bridgehead atoms. The lowest BCUT2D eigenvalue weighted by Gasteiger charge is -2.16. The van der Waals surface area contributed by atoms with Crippen LogP contribution in [0.2, 0.25) is 0 Å². The second-order valence-corrected chi connectivity index (χ2v) is 10.1. The molecule has 2 amide bonds. The molecule has 2 rings (SSSR count). The summed E-state index contributed by atoms with van der Waals surface area (Å²) in [6, 6.07) is 10.8. The van der Waals surface area contributed by atoms with E-state index in [-0.39, 0.29) is 51.4 Å². The van der Waals surface area contributed by atoms with E-state index in [4.69, 9.17) is 18.9 Å². The molecule has 0 radical (unpaired) electrons. The van der Waals surface area contributed by atoms with E-state index < -0.39 is 72.1 Å². The van der Waals surface area contributed by atoms with E-state index in [0.717, 1.165) is 0 Å². The SMILES string of the molecule is C.C.C.COC(C)C(=O)CC(=O)C(C)OC(=O)c1ccc(C(=O)OC(C)C(=O)NCNC(=O)C(C)OC(=O)c2ccc(C(C)=O)cc2)cc1. The van der Waals surface area contributed by atoms with Crippen LogP contribution in [0.3, 0.4) is 0 Å². The molecule has 4 unspecified atom stereocenters. The van der Waals surface area contributed by atoms with Crippen LogP contribution in [0.4, 0.5) is 0 Å². The van der Waals surface area contributed by atoms with Crippen molar-refractivity contribution in [1.29, 1.82) is 0 Å². The molecule has 0 heterocycles. The van der Waals surface area contributed by atoms with Crippen LogP contribution in [0.5, 0.6) is 0 Å². The average molecular weight is 689 g/mol. The molecule has 0 aliphatic carbocycles. The maximum Gasteiger partial charge on any atom is 0.338 e. The largest absolute Gasteiger partial charge is 0.451 e. The Labute approximate surface area is 287 Å². The molecule has 0 fully saturated rings. The first-order chi connectivity index (χ1) is 21.6. The highest BCUT2D eigenvalue weighted by Crippen LogP contribution is 2.12. The minimum atomic E-state index is -1.27. The van der Waals surface area contributed by atoms with E-state index in [1.54, 1.807) is 0 Å². The molecular weight excluding hydrogens is 640 g/mol. The highest BCUT2D eigenvalue weighted by Gasteiger charge is 2.25. The Balaban J connectivity index is 0. The van der Waals surface area contributed by atoms with Gasteiger partial charge in [0.1, 0.15) is 6.10 Å². The molecule has 0 spiro atoms. The smallest absolute Gasteiger partial charge is 0.338 e. The lowest BCUT2D eigenvalue weighted by Crippen LogP contribution is -2.45. The summed E-state index contributed by atoms with van der Waals surface area (Å²) < 4.78 is 20.2. The van der Waals surface area contributed by atoms with Gasteiger partial charge in [0.2, 0.25) is 0 Å². The molecule has 0 aliphatic heterocycles. The number of amides is 2. The number of ether oxygens (including phenoxy) is 4. The van der Waals surface area contributed by atoms with Crippen LogP contribution in [0.15, 0.2) is 48.5 Å². The number of nitrogens with one attached hydrogen (secondary N) is 2. The first-order valence-corrected chi connectivity index (χ1v) is 14.1. The van der Waals surface area contributed by atoms with Crippen molar-refractivity contribution < 1.29 is 57.3 Å². The minimum absolute atomic E-state index is 0. The number of hydrogen-bond acceptors (Lipinski definition) is 12. The van der Waals surface area contributed by atoms with E-state index in [1.807, 2.05) is 0 Å².